The third-order valence-corrected chi connectivity index (χ3v) is 4.69. The molecule has 130 valence electrons. The number of halogens is 1. The molecule has 0 bridgehead atoms. The molecule has 0 amide bonds. The number of ether oxygens (including phenoxy) is 1. The lowest BCUT2D eigenvalue weighted by Crippen LogP contribution is -2.48. The average molecular weight is 334 g/mol. The van der Waals surface area contributed by atoms with Crippen molar-refractivity contribution < 1.29 is 18.8 Å². The Kier molecular flexibility index (Phi) is 5.14. The summed E-state index contributed by atoms with van der Waals surface area (Å²) < 4.78 is 18.7. The van der Waals surface area contributed by atoms with Gasteiger partial charge in [-0.2, -0.15) is 0 Å². The number of oxime groups is 1. The first-order chi connectivity index (χ1) is 11.6. The molecule has 2 aliphatic rings. The second kappa shape index (κ2) is 7.30. The van der Waals surface area contributed by atoms with E-state index in [1.807, 2.05) is 13.0 Å². The van der Waals surface area contributed by atoms with Gasteiger partial charge in [-0.3, -0.25) is 4.79 Å². The van der Waals surface area contributed by atoms with E-state index in [0.717, 1.165) is 30.7 Å². The zero-order valence-corrected chi connectivity index (χ0v) is 13.9. The Morgan fingerprint density at radius 1 is 1.54 bits per heavy atom. The summed E-state index contributed by atoms with van der Waals surface area (Å²) in [4.78, 5) is 18.0. The molecule has 1 saturated heterocycles. The Hall–Kier alpha value is -1.95. The fourth-order valence-electron chi connectivity index (χ4n) is 3.50. The van der Waals surface area contributed by atoms with Crippen LogP contribution in [-0.4, -0.2) is 37.5 Å². The highest BCUT2D eigenvalue weighted by atomic mass is 19.1. The molecule has 0 radical (unpaired) electrons. The molecular weight excluding hydrogens is 311 g/mol. The summed E-state index contributed by atoms with van der Waals surface area (Å²) >= 11 is 0. The normalized spacial score (nSPS) is 26.6. The number of piperidine rings is 1. The van der Waals surface area contributed by atoms with Gasteiger partial charge in [-0.15, -0.1) is 0 Å². The summed E-state index contributed by atoms with van der Waals surface area (Å²) in [6.07, 6.45) is 2.66. The van der Waals surface area contributed by atoms with E-state index in [0.29, 0.717) is 26.0 Å². The van der Waals surface area contributed by atoms with E-state index in [2.05, 4.69) is 10.5 Å². The molecule has 0 spiro atoms. The van der Waals surface area contributed by atoms with Gasteiger partial charge < -0.3 is 14.9 Å². The van der Waals surface area contributed by atoms with E-state index in [4.69, 9.17) is 9.57 Å². The molecule has 0 saturated carbocycles. The molecule has 1 aromatic rings. The molecule has 0 unspecified atom stereocenters. The third kappa shape index (κ3) is 3.59. The number of rotatable bonds is 5. The van der Waals surface area contributed by atoms with Crippen molar-refractivity contribution in [3.8, 4) is 0 Å². The fourth-order valence-corrected chi connectivity index (χ4v) is 3.50. The number of nitrogens with zero attached hydrogens (tertiary/aromatic N) is 1. The van der Waals surface area contributed by atoms with E-state index in [1.54, 1.807) is 6.07 Å². The molecule has 1 fully saturated rings. The van der Waals surface area contributed by atoms with Gasteiger partial charge in [-0.25, -0.2) is 4.39 Å². The largest absolute Gasteiger partial charge is 0.466 e. The summed E-state index contributed by atoms with van der Waals surface area (Å²) in [6.45, 7) is 3.70. The fraction of sp³-hybridized carbons (Fsp3) is 0.556. The van der Waals surface area contributed by atoms with Crippen molar-refractivity contribution in [2.24, 2.45) is 10.6 Å². The monoisotopic (exact) mass is 334 g/mol. The van der Waals surface area contributed by atoms with Gasteiger partial charge in [0, 0.05) is 24.9 Å². The van der Waals surface area contributed by atoms with E-state index < -0.39 is 5.41 Å². The highest BCUT2D eigenvalue weighted by molar-refractivity contribution is 6.01. The van der Waals surface area contributed by atoms with Crippen molar-refractivity contribution in [1.29, 1.82) is 0 Å². The predicted molar refractivity (Wildman–Crippen MR) is 88.2 cm³/mol. The van der Waals surface area contributed by atoms with E-state index in [-0.39, 0.29) is 17.9 Å². The molecule has 2 heterocycles. The van der Waals surface area contributed by atoms with Crippen LogP contribution < -0.4 is 5.32 Å². The lowest BCUT2D eigenvalue weighted by atomic mass is 9.75. The molecule has 24 heavy (non-hydrogen) atoms. The predicted octanol–water partition coefficient (Wildman–Crippen LogP) is 2.64. The molecule has 5 nitrogen and oxygen atoms in total. The highest BCUT2D eigenvalue weighted by Gasteiger charge is 2.44. The van der Waals surface area contributed by atoms with Gasteiger partial charge >= 0.3 is 5.97 Å². The molecule has 1 aromatic carbocycles. The maximum Gasteiger partial charge on any atom is 0.313 e. The standard InChI is InChI=1S/C18H23FN2O3/c1-2-23-17(22)18(7-4-8-20-12-18)11-15-10-16(21-24-15)13-5-3-6-14(19)9-13/h3,5-6,9,15,20H,2,4,7-8,10-12H2,1H3/t15-,18-/m0/s1. The van der Waals surface area contributed by atoms with Crippen LogP contribution in [0.5, 0.6) is 0 Å². The van der Waals surface area contributed by atoms with Crippen LogP contribution >= 0.6 is 0 Å². The Morgan fingerprint density at radius 3 is 3.12 bits per heavy atom. The van der Waals surface area contributed by atoms with Crippen LogP contribution in [0.3, 0.4) is 0 Å². The number of hydrogen-bond donors (Lipinski definition) is 1. The van der Waals surface area contributed by atoms with E-state index >= 15 is 0 Å². The number of benzene rings is 1. The zero-order chi connectivity index (χ0) is 17.0. The van der Waals surface area contributed by atoms with Crippen molar-refractivity contribution in [3.63, 3.8) is 0 Å². The molecular formula is C18H23FN2O3. The minimum Gasteiger partial charge on any atom is -0.466 e. The molecule has 2 atom stereocenters. The second-order valence-corrected chi connectivity index (χ2v) is 6.47. The molecule has 1 N–H and O–H groups in total. The summed E-state index contributed by atoms with van der Waals surface area (Å²) in [6, 6.07) is 6.33. The van der Waals surface area contributed by atoms with Crippen molar-refractivity contribution in [2.45, 2.75) is 38.7 Å². The Bertz CT molecular complexity index is 626. The van der Waals surface area contributed by atoms with Gasteiger partial charge in [0.1, 0.15) is 11.9 Å². The third-order valence-electron chi connectivity index (χ3n) is 4.69. The maximum atomic E-state index is 13.4. The van der Waals surface area contributed by atoms with Crippen molar-refractivity contribution in [2.75, 3.05) is 19.7 Å². The number of nitrogens with one attached hydrogen (secondary N) is 1. The quantitative estimate of drug-likeness (QED) is 0.841. The van der Waals surface area contributed by atoms with Crippen LogP contribution in [0, 0.1) is 11.2 Å². The first-order valence-electron chi connectivity index (χ1n) is 8.49. The van der Waals surface area contributed by atoms with Crippen LogP contribution in [0.15, 0.2) is 29.4 Å². The molecule has 3 rings (SSSR count). The Balaban J connectivity index is 1.68. The first kappa shape index (κ1) is 16.9. The van der Waals surface area contributed by atoms with Crippen LogP contribution in [0.1, 0.15) is 38.2 Å². The number of carbonyl (C=O) groups is 1. The SMILES string of the molecule is CCOC(=O)[C@]1(C[C@@H]2CC(c3cccc(F)c3)=NO2)CCCNC1. The second-order valence-electron chi connectivity index (χ2n) is 6.47. The van der Waals surface area contributed by atoms with Gasteiger partial charge in [-0.05, 0) is 38.4 Å². The van der Waals surface area contributed by atoms with Gasteiger partial charge in [0.15, 0.2) is 0 Å². The van der Waals surface area contributed by atoms with Crippen molar-refractivity contribution in [1.82, 2.24) is 5.32 Å². The highest BCUT2D eigenvalue weighted by Crippen LogP contribution is 2.36. The lowest BCUT2D eigenvalue weighted by molar-refractivity contribution is -0.159. The van der Waals surface area contributed by atoms with Crippen molar-refractivity contribution in [3.05, 3.63) is 35.6 Å². The van der Waals surface area contributed by atoms with Gasteiger partial charge in [0.25, 0.3) is 0 Å². The lowest BCUT2D eigenvalue weighted by Gasteiger charge is -2.36. The van der Waals surface area contributed by atoms with Crippen LogP contribution in [-0.2, 0) is 14.4 Å². The van der Waals surface area contributed by atoms with Gasteiger partial charge in [-0.1, -0.05) is 17.3 Å². The van der Waals surface area contributed by atoms with E-state index in [1.165, 1.54) is 12.1 Å². The molecule has 2 aliphatic heterocycles. The number of carbonyl (C=O) groups excluding carboxylic acids is 1. The number of hydrogen-bond acceptors (Lipinski definition) is 5. The van der Waals surface area contributed by atoms with E-state index in [9.17, 15) is 9.18 Å². The number of esters is 1. The van der Waals surface area contributed by atoms with Crippen LogP contribution in [0.25, 0.3) is 0 Å². The summed E-state index contributed by atoms with van der Waals surface area (Å²) in [7, 11) is 0. The summed E-state index contributed by atoms with van der Waals surface area (Å²) in [5, 5.41) is 7.40. The molecule has 0 aromatic heterocycles. The Labute approximate surface area is 141 Å². The minimum absolute atomic E-state index is 0.167. The summed E-state index contributed by atoms with van der Waals surface area (Å²) in [5.41, 5.74) is 0.887. The summed E-state index contributed by atoms with van der Waals surface area (Å²) in [5.74, 6) is -0.460. The van der Waals surface area contributed by atoms with Crippen molar-refractivity contribution >= 4 is 11.7 Å². The molecule has 6 heteroatoms. The van der Waals surface area contributed by atoms with Gasteiger partial charge in [0.2, 0.25) is 0 Å². The topological polar surface area (TPSA) is 59.9 Å². The molecule has 0 aliphatic carbocycles. The first-order valence-corrected chi connectivity index (χ1v) is 8.49. The average Bonchev–Trinajstić information content (AvgIpc) is 3.04. The zero-order valence-electron chi connectivity index (χ0n) is 13.9. The maximum absolute atomic E-state index is 13.4. The van der Waals surface area contributed by atoms with Crippen LogP contribution in [0.2, 0.25) is 0 Å². The smallest absolute Gasteiger partial charge is 0.313 e. The Morgan fingerprint density at radius 2 is 2.42 bits per heavy atom. The van der Waals surface area contributed by atoms with Gasteiger partial charge in [0.05, 0.1) is 17.7 Å². The minimum atomic E-state index is -0.564. The van der Waals surface area contributed by atoms with Crippen LogP contribution in [0.4, 0.5) is 4.39 Å².